The number of carbonyl (C=O) groups is 6. The number of amides is 2. The van der Waals surface area contributed by atoms with E-state index in [-0.39, 0.29) is 79.6 Å². The van der Waals surface area contributed by atoms with Crippen molar-refractivity contribution >= 4 is 52.4 Å². The van der Waals surface area contributed by atoms with Crippen LogP contribution in [0.2, 0.25) is 0 Å². The lowest BCUT2D eigenvalue weighted by Crippen LogP contribution is -2.29. The number of hydrogen-bond acceptors (Lipinski definition) is 9. The van der Waals surface area contributed by atoms with E-state index in [0.717, 1.165) is 12.8 Å². The minimum Gasteiger partial charge on any atom is -0.481 e. The van der Waals surface area contributed by atoms with Crippen LogP contribution in [0.25, 0.3) is 0 Å². The van der Waals surface area contributed by atoms with Crippen molar-refractivity contribution in [3.05, 3.63) is 95.1 Å². The zero-order valence-corrected chi connectivity index (χ0v) is 29.3. The maximum absolute atomic E-state index is 13.5. The lowest BCUT2D eigenvalue weighted by atomic mass is 9.85. The summed E-state index contributed by atoms with van der Waals surface area (Å²) in [6, 6.07) is 20.4. The van der Waals surface area contributed by atoms with Gasteiger partial charge in [0.25, 0.3) is 5.91 Å². The van der Waals surface area contributed by atoms with E-state index in [2.05, 4.69) is 34.7 Å². The maximum atomic E-state index is 13.5. The van der Waals surface area contributed by atoms with Gasteiger partial charge in [-0.15, -0.1) is 0 Å². The molecule has 57 heavy (non-hydrogen) atoms. The van der Waals surface area contributed by atoms with Crippen molar-refractivity contribution in [3.63, 3.8) is 0 Å². The van der Waals surface area contributed by atoms with Crippen molar-refractivity contribution in [1.82, 2.24) is 0 Å². The van der Waals surface area contributed by atoms with Gasteiger partial charge in [0, 0.05) is 29.8 Å². The number of hydrogen-bond donors (Lipinski definition) is 4. The predicted molar refractivity (Wildman–Crippen MR) is 233 cm³/mol. The number of esters is 1. The van der Waals surface area contributed by atoms with Gasteiger partial charge in [0.05, 0.1) is 25.1 Å². The molecule has 0 saturated heterocycles. The van der Waals surface area contributed by atoms with Crippen LogP contribution in [-0.2, 0) is 30.5 Å². The summed E-state index contributed by atoms with van der Waals surface area (Å²) < 4.78 is 4.79. The topological polar surface area (TPSA) is 189 Å². The number of benzene rings is 3. The van der Waals surface area contributed by atoms with E-state index in [1.165, 1.54) is 37.8 Å². The molecule has 3 aromatic rings. The number of methoxy groups -OCH3 is 1. The molecule has 0 aliphatic carbocycles. The minimum atomic E-state index is -0.907. The number of ketones is 2. The van der Waals surface area contributed by atoms with Crippen LogP contribution < -0.4 is 10.6 Å². The van der Waals surface area contributed by atoms with Crippen LogP contribution in [0.3, 0.4) is 0 Å². The third-order valence-electron chi connectivity index (χ3n) is 8.71. The Labute approximate surface area is 341 Å². The Kier molecular flexibility index (Phi) is 29.5. The van der Waals surface area contributed by atoms with Gasteiger partial charge in [-0.1, -0.05) is 94.8 Å². The van der Waals surface area contributed by atoms with E-state index in [9.17, 15) is 39.0 Å². The van der Waals surface area contributed by atoms with Crippen molar-refractivity contribution in [2.45, 2.75) is 110 Å². The molecule has 0 saturated carbocycles. The summed E-state index contributed by atoms with van der Waals surface area (Å²) in [4.78, 5) is 78.9. The molecule has 0 aliphatic heterocycles. The fourth-order valence-electron chi connectivity index (χ4n) is 5.59. The van der Waals surface area contributed by atoms with Gasteiger partial charge in [0.15, 0.2) is 17.3 Å². The molecule has 0 bridgehead atoms. The Balaban J connectivity index is -0.00000234. The second-order valence-corrected chi connectivity index (χ2v) is 12.3. The van der Waals surface area contributed by atoms with E-state index in [0.29, 0.717) is 30.6 Å². The number of Topliss-reactive ketones (excluding diaryl/α,β-unsaturated/α-hetero) is 2. The molecule has 0 spiro atoms. The number of rotatable bonds is 19. The third-order valence-corrected chi connectivity index (χ3v) is 8.71. The molecule has 3 rings (SSSR count). The zero-order valence-electron chi connectivity index (χ0n) is 29.3. The van der Waals surface area contributed by atoms with E-state index < -0.39 is 53.6 Å². The summed E-state index contributed by atoms with van der Waals surface area (Å²) in [5, 5.41) is 24.2. The van der Waals surface area contributed by atoms with Gasteiger partial charge >= 0.3 is 11.9 Å². The van der Waals surface area contributed by atoms with Crippen molar-refractivity contribution in [1.29, 1.82) is 0 Å². The van der Waals surface area contributed by atoms with Crippen molar-refractivity contribution in [2.75, 3.05) is 24.4 Å². The summed E-state index contributed by atoms with van der Waals surface area (Å²) >= 11 is 0. The Hall–Kier alpha value is -5.49. The molecule has 0 radical (unpaired) electrons. The van der Waals surface area contributed by atoms with Gasteiger partial charge in [-0.2, -0.15) is 0 Å². The number of carboxylic acid groups (broad SMARTS) is 1. The summed E-state index contributed by atoms with van der Waals surface area (Å²) in [6.07, 6.45) is 3.02. The number of ether oxygens (including phenoxy) is 1. The molecule has 0 fully saturated rings. The van der Waals surface area contributed by atoms with Crippen molar-refractivity contribution in [3.8, 4) is 0 Å². The first-order valence-corrected chi connectivity index (χ1v) is 16.8. The highest BCUT2D eigenvalue weighted by Crippen LogP contribution is 2.29. The molecule has 3 atom stereocenters. The van der Waals surface area contributed by atoms with E-state index in [4.69, 9.17) is 4.74 Å². The number of aliphatic hydroxyl groups excluding tert-OH is 1. The third kappa shape index (κ3) is 17.5. The van der Waals surface area contributed by atoms with Crippen LogP contribution in [0.15, 0.2) is 77.8 Å². The van der Waals surface area contributed by atoms with E-state index >= 15 is 0 Å². The number of carbonyl (C=O) groups excluding carboxylic acids is 5. The summed E-state index contributed by atoms with van der Waals surface area (Å²) in [5.74, 6) is -4.61. The minimum absolute atomic E-state index is 0. The number of aliphatic hydroxyl groups is 1. The van der Waals surface area contributed by atoms with Crippen molar-refractivity contribution < 1.29 is 43.7 Å². The first-order valence-electron chi connectivity index (χ1n) is 16.8. The molecule has 318 valence electrons. The molecule has 12 nitrogen and oxygen atoms in total. The predicted octanol–water partition coefficient (Wildman–Crippen LogP) is 9.66. The molecule has 0 aromatic heterocycles. The molecular formula is C45H69N3O9. The average molecular weight is 796 g/mol. The zero-order chi connectivity index (χ0) is 37.5. The maximum Gasteiger partial charge on any atom is 0.338 e. The van der Waals surface area contributed by atoms with Crippen LogP contribution in [-0.4, -0.2) is 65.0 Å². The standard InChI is InChI=1S/C39H45N3O9.6CH4/c1-5-26(27-9-7-6-8-10-27)13-14-28(12-11-24(2)38(48)49)36(46)41-31-16-18-32(19-17-31)42-37(47)35(25(3)44)40-22-30-21-29(34(45)23-43)15-20-33(30)39(50)51-4;;;;;;/h6-10,15-21,24,26,28,43H,5,11-14,22-23H2,1-4H3,(H,41,46)(H,42,47)(H,48,49);6*1H4. The summed E-state index contributed by atoms with van der Waals surface area (Å²) in [5.41, 5.74) is 1.97. The highest BCUT2D eigenvalue weighted by Gasteiger charge is 2.24. The molecule has 3 unspecified atom stereocenters. The van der Waals surface area contributed by atoms with Gasteiger partial charge in [-0.05, 0) is 85.5 Å². The number of aliphatic imine (C=N–C) groups is 1. The molecule has 0 aliphatic rings. The average Bonchev–Trinajstić information content (AvgIpc) is 3.13. The molecule has 0 heterocycles. The molecule has 3 aromatic carbocycles. The Morgan fingerprint density at radius 1 is 0.772 bits per heavy atom. The fraction of sp³-hybridized carbons (Fsp3) is 0.444. The largest absolute Gasteiger partial charge is 0.481 e. The highest BCUT2D eigenvalue weighted by atomic mass is 16.5. The molecule has 4 N–H and O–H groups in total. The van der Waals surface area contributed by atoms with Gasteiger partial charge in [-0.3, -0.25) is 29.0 Å². The van der Waals surface area contributed by atoms with Gasteiger partial charge in [0.2, 0.25) is 5.91 Å². The Morgan fingerprint density at radius 2 is 1.33 bits per heavy atom. The van der Waals surface area contributed by atoms with Crippen LogP contribution in [0, 0.1) is 11.8 Å². The lowest BCUT2D eigenvalue weighted by molar-refractivity contribution is -0.141. The SMILES string of the molecule is C.C.C.C.C.C.CCC(CCC(CCC(C)C(=O)O)C(=O)Nc1ccc(NC(=O)C(=NCc2cc(C(=O)CO)ccc2C(=O)OC)C(C)=O)cc1)c1ccccc1. The first-order chi connectivity index (χ1) is 24.4. The smallest absolute Gasteiger partial charge is 0.338 e. The second-order valence-electron chi connectivity index (χ2n) is 12.3. The number of aliphatic carboxylic acids is 1. The van der Waals surface area contributed by atoms with E-state index in [1.807, 2.05) is 18.2 Å². The normalized spacial score (nSPS) is 11.6. The molecule has 2 amide bonds. The van der Waals surface area contributed by atoms with Gasteiger partial charge in [0.1, 0.15) is 6.61 Å². The van der Waals surface area contributed by atoms with Crippen LogP contribution >= 0.6 is 0 Å². The quantitative estimate of drug-likeness (QED) is 0.0396. The van der Waals surface area contributed by atoms with E-state index in [1.54, 1.807) is 31.2 Å². The number of nitrogens with zero attached hydrogens (tertiary/aromatic N) is 1. The lowest BCUT2D eigenvalue weighted by Gasteiger charge is -2.21. The Morgan fingerprint density at radius 3 is 1.84 bits per heavy atom. The number of anilines is 2. The van der Waals surface area contributed by atoms with Crippen LogP contribution in [0.5, 0.6) is 0 Å². The van der Waals surface area contributed by atoms with Gasteiger partial charge < -0.3 is 25.6 Å². The summed E-state index contributed by atoms with van der Waals surface area (Å²) in [7, 11) is 1.18. The second kappa shape index (κ2) is 28.9. The number of nitrogens with one attached hydrogen (secondary N) is 2. The number of carboxylic acids is 1. The van der Waals surface area contributed by atoms with Crippen LogP contribution in [0.4, 0.5) is 11.4 Å². The highest BCUT2D eigenvalue weighted by molar-refractivity contribution is 6.67. The van der Waals surface area contributed by atoms with Crippen LogP contribution in [0.1, 0.15) is 135 Å². The molecule has 12 heteroatoms. The Bertz CT molecular complexity index is 1740. The van der Waals surface area contributed by atoms with Gasteiger partial charge in [-0.25, -0.2) is 4.79 Å². The first kappa shape index (κ1) is 58.2. The fourth-order valence-corrected chi connectivity index (χ4v) is 5.59. The monoisotopic (exact) mass is 796 g/mol. The summed E-state index contributed by atoms with van der Waals surface area (Å²) in [6.45, 7) is 3.85. The van der Waals surface area contributed by atoms with Crippen molar-refractivity contribution in [2.24, 2.45) is 16.8 Å². The molecular weight excluding hydrogens is 727 g/mol.